The molecule has 0 aliphatic carbocycles. The SMILES string of the molecule is CC(C)(C)[PH+](c1cc(-c2cc([PH+](c3ccccn3)C(C)(C)C)cc3ccccc23)c2ccccc2c1)c1ccccn1.[Pd]. The van der Waals surface area contributed by atoms with Crippen molar-refractivity contribution in [1.82, 2.24) is 9.97 Å². The maximum Gasteiger partial charge on any atom is 0.185 e. The summed E-state index contributed by atoms with van der Waals surface area (Å²) in [7, 11) is -2.39. The van der Waals surface area contributed by atoms with Crippen LogP contribution in [-0.4, -0.2) is 20.3 Å². The first-order valence-corrected chi connectivity index (χ1v) is 17.8. The van der Waals surface area contributed by atoms with Crippen LogP contribution in [0.3, 0.4) is 0 Å². The Hall–Kier alpha value is -2.78. The standard InChI is InChI=1S/C38H38N2P2.Pd/c1-37(2,3)41(35-19-11-13-21-39-35)29-23-27-15-7-9-17-31(27)33(25-29)34-26-30(24-28-16-8-10-18-32(28)34)42(38(4,5)6)36-20-12-14-22-40-36;/h7-26H,1-6H3;/p+2. The zero-order chi connectivity index (χ0) is 29.5. The molecule has 0 saturated heterocycles. The number of benzene rings is 4. The quantitative estimate of drug-likeness (QED) is 0.134. The molecular weight excluding hydrogens is 653 g/mol. The molecule has 2 unspecified atom stereocenters. The molecule has 0 N–H and O–H groups in total. The van der Waals surface area contributed by atoms with Gasteiger partial charge >= 0.3 is 0 Å². The second kappa shape index (κ2) is 12.7. The normalized spacial score (nSPS) is 13.4. The Bertz CT molecular complexity index is 1720. The Morgan fingerprint density at radius 3 is 1.19 bits per heavy atom. The predicted octanol–water partition coefficient (Wildman–Crippen LogP) is 8.37. The topological polar surface area (TPSA) is 25.8 Å². The predicted molar refractivity (Wildman–Crippen MR) is 190 cm³/mol. The van der Waals surface area contributed by atoms with Gasteiger partial charge in [0.25, 0.3) is 0 Å². The maximum absolute atomic E-state index is 4.89. The Labute approximate surface area is 272 Å². The first-order chi connectivity index (χ1) is 20.1. The van der Waals surface area contributed by atoms with Crippen molar-refractivity contribution in [2.45, 2.75) is 51.9 Å². The number of hydrogen-bond donors (Lipinski definition) is 0. The van der Waals surface area contributed by atoms with E-state index in [9.17, 15) is 0 Å². The van der Waals surface area contributed by atoms with Crippen LogP contribution in [0.5, 0.6) is 0 Å². The summed E-state index contributed by atoms with van der Waals surface area (Å²) in [6, 6.07) is 40.4. The minimum atomic E-state index is -1.19. The van der Waals surface area contributed by atoms with E-state index in [0.29, 0.717) is 0 Å². The number of pyridine rings is 2. The van der Waals surface area contributed by atoms with Gasteiger partial charge in [-0.25, -0.2) is 9.97 Å². The van der Waals surface area contributed by atoms with Crippen molar-refractivity contribution in [3.8, 4) is 11.1 Å². The van der Waals surface area contributed by atoms with Crippen LogP contribution in [0.25, 0.3) is 32.7 Å². The van der Waals surface area contributed by atoms with E-state index in [4.69, 9.17) is 9.97 Å². The van der Waals surface area contributed by atoms with Crippen molar-refractivity contribution >= 4 is 58.9 Å². The summed E-state index contributed by atoms with van der Waals surface area (Å²) in [5.74, 6) is 0. The van der Waals surface area contributed by atoms with Crippen LogP contribution in [0, 0.1) is 0 Å². The molecule has 0 aliphatic heterocycles. The van der Waals surface area contributed by atoms with Crippen molar-refractivity contribution in [2.75, 3.05) is 0 Å². The Kier molecular flexibility index (Phi) is 9.33. The van der Waals surface area contributed by atoms with E-state index in [0.717, 1.165) is 0 Å². The number of nitrogens with zero attached hydrogens (tertiary/aromatic N) is 2. The third-order valence-corrected chi connectivity index (χ3v) is 14.3. The van der Waals surface area contributed by atoms with E-state index in [1.54, 1.807) is 0 Å². The molecule has 0 aliphatic rings. The fraction of sp³-hybridized carbons (Fsp3) is 0.211. The number of aromatic nitrogens is 2. The van der Waals surface area contributed by atoms with Crippen LogP contribution < -0.4 is 21.5 Å². The molecule has 6 aromatic rings. The van der Waals surface area contributed by atoms with Crippen molar-refractivity contribution in [3.63, 3.8) is 0 Å². The van der Waals surface area contributed by atoms with Gasteiger partial charge in [-0.3, -0.25) is 0 Å². The van der Waals surface area contributed by atoms with Crippen molar-refractivity contribution in [3.05, 3.63) is 122 Å². The first kappa shape index (κ1) is 31.6. The minimum Gasteiger partial charge on any atom is -0.222 e. The van der Waals surface area contributed by atoms with Gasteiger partial charge in [-0.05, 0) is 111 Å². The summed E-state index contributed by atoms with van der Waals surface area (Å²) < 4.78 is 0. The van der Waals surface area contributed by atoms with Crippen LogP contribution in [0.4, 0.5) is 0 Å². The maximum atomic E-state index is 4.89. The second-order valence-corrected chi connectivity index (χ2v) is 19.8. The van der Waals surface area contributed by atoms with E-state index >= 15 is 0 Å². The Balaban J connectivity index is 0.00000368. The molecule has 0 spiro atoms. The average molecular weight is 693 g/mol. The molecular formula is C38H40N2P2Pd+2. The van der Waals surface area contributed by atoms with E-state index in [1.165, 1.54) is 54.2 Å². The Morgan fingerprint density at radius 1 is 0.465 bits per heavy atom. The van der Waals surface area contributed by atoms with E-state index in [1.807, 2.05) is 24.5 Å². The molecule has 2 aromatic heterocycles. The molecule has 0 bridgehead atoms. The van der Waals surface area contributed by atoms with Gasteiger partial charge in [0.2, 0.25) is 0 Å². The summed E-state index contributed by atoms with van der Waals surface area (Å²) in [5.41, 5.74) is 5.03. The summed E-state index contributed by atoms with van der Waals surface area (Å²) >= 11 is 0. The van der Waals surface area contributed by atoms with Crippen molar-refractivity contribution < 1.29 is 20.4 Å². The molecule has 2 nitrogen and oxygen atoms in total. The number of rotatable bonds is 5. The molecule has 4 aromatic carbocycles. The fourth-order valence-electron chi connectivity index (χ4n) is 6.31. The van der Waals surface area contributed by atoms with Gasteiger partial charge in [-0.2, -0.15) is 0 Å². The zero-order valence-electron chi connectivity index (χ0n) is 25.8. The second-order valence-electron chi connectivity index (χ2n) is 13.2. The van der Waals surface area contributed by atoms with Crippen molar-refractivity contribution in [2.24, 2.45) is 0 Å². The molecule has 2 heterocycles. The molecule has 0 radical (unpaired) electrons. The van der Waals surface area contributed by atoms with Crippen LogP contribution in [-0.2, 0) is 20.4 Å². The van der Waals surface area contributed by atoms with Gasteiger partial charge in [-0.15, -0.1) is 0 Å². The van der Waals surface area contributed by atoms with E-state index in [-0.39, 0.29) is 30.7 Å². The Morgan fingerprint density at radius 2 is 0.837 bits per heavy atom. The molecule has 0 saturated carbocycles. The van der Waals surface area contributed by atoms with Gasteiger partial charge in [0.05, 0.1) is 26.2 Å². The molecule has 43 heavy (non-hydrogen) atoms. The third-order valence-electron chi connectivity index (χ3n) is 7.93. The van der Waals surface area contributed by atoms with Crippen LogP contribution in [0.2, 0.25) is 0 Å². The smallest absolute Gasteiger partial charge is 0.185 e. The average Bonchev–Trinajstić information content (AvgIpc) is 2.96. The van der Waals surface area contributed by atoms with Crippen LogP contribution in [0.15, 0.2) is 122 Å². The van der Waals surface area contributed by atoms with Crippen molar-refractivity contribution in [1.29, 1.82) is 0 Å². The first-order valence-electron chi connectivity index (χ1n) is 14.8. The van der Waals surface area contributed by atoms with E-state index < -0.39 is 15.8 Å². The summed E-state index contributed by atoms with van der Waals surface area (Å²) in [5, 5.41) is 8.14. The van der Waals surface area contributed by atoms with Gasteiger partial charge in [0.15, 0.2) is 10.9 Å². The molecule has 2 atom stereocenters. The molecule has 5 heteroatoms. The molecule has 0 amide bonds. The van der Waals surface area contributed by atoms with Crippen LogP contribution in [0.1, 0.15) is 41.5 Å². The molecule has 0 fully saturated rings. The van der Waals surface area contributed by atoms with Gasteiger partial charge < -0.3 is 0 Å². The summed E-state index contributed by atoms with van der Waals surface area (Å²) in [4.78, 5) is 9.79. The van der Waals surface area contributed by atoms with Gasteiger partial charge in [0.1, 0.15) is 10.6 Å². The fourth-order valence-corrected chi connectivity index (χ4v) is 12.3. The third kappa shape index (κ3) is 6.53. The number of hydrogen-bond acceptors (Lipinski definition) is 2. The van der Waals surface area contributed by atoms with E-state index in [2.05, 4.69) is 139 Å². The number of fused-ring (bicyclic) bond motifs is 2. The van der Waals surface area contributed by atoms with Gasteiger partial charge in [0, 0.05) is 44.9 Å². The van der Waals surface area contributed by atoms with Crippen LogP contribution >= 0.6 is 15.8 Å². The molecule has 6 rings (SSSR count). The molecule has 220 valence electrons. The zero-order valence-corrected chi connectivity index (χ0v) is 29.3. The summed E-state index contributed by atoms with van der Waals surface area (Å²) in [6.45, 7) is 14.2. The van der Waals surface area contributed by atoms with Gasteiger partial charge in [-0.1, -0.05) is 60.7 Å². The largest absolute Gasteiger partial charge is 0.222 e. The monoisotopic (exact) mass is 692 g/mol. The summed E-state index contributed by atoms with van der Waals surface area (Å²) in [6.07, 6.45) is 3.89. The minimum absolute atomic E-state index is 0.